The van der Waals surface area contributed by atoms with E-state index in [2.05, 4.69) is 22.8 Å². The third-order valence-corrected chi connectivity index (χ3v) is 8.92. The van der Waals surface area contributed by atoms with Gasteiger partial charge in [0.1, 0.15) is 6.04 Å². The van der Waals surface area contributed by atoms with E-state index in [9.17, 15) is 14.4 Å². The van der Waals surface area contributed by atoms with Crippen LogP contribution in [0.3, 0.4) is 0 Å². The van der Waals surface area contributed by atoms with E-state index in [1.54, 1.807) is 11.8 Å². The van der Waals surface area contributed by atoms with E-state index < -0.39 is 17.5 Å². The predicted octanol–water partition coefficient (Wildman–Crippen LogP) is 2.27. The molecule has 2 saturated heterocycles. The van der Waals surface area contributed by atoms with Crippen molar-refractivity contribution in [2.45, 2.75) is 63.1 Å². The van der Waals surface area contributed by atoms with Crippen LogP contribution in [0.15, 0.2) is 42.5 Å². The molecule has 0 radical (unpaired) electrons. The minimum atomic E-state index is -0.673. The number of allylic oxidation sites excluding steroid dienone is 2. The highest BCUT2D eigenvalue weighted by molar-refractivity contribution is 7.98. The molecule has 0 unspecified atom stereocenters. The maximum Gasteiger partial charge on any atom is 0.243 e. The molecule has 3 amide bonds. The van der Waals surface area contributed by atoms with Crippen LogP contribution in [0.4, 0.5) is 0 Å². The van der Waals surface area contributed by atoms with E-state index in [0.717, 1.165) is 17.7 Å². The Morgan fingerprint density at radius 1 is 1.18 bits per heavy atom. The fourth-order valence-corrected chi connectivity index (χ4v) is 6.27. The Labute approximate surface area is 230 Å². The molecule has 4 rings (SSSR count). The van der Waals surface area contributed by atoms with Crippen LogP contribution in [0, 0.1) is 11.3 Å². The molecule has 9 heteroatoms. The van der Waals surface area contributed by atoms with Crippen LogP contribution in [0.5, 0.6) is 0 Å². The molecule has 0 bridgehead atoms. The van der Waals surface area contributed by atoms with Gasteiger partial charge in [0.25, 0.3) is 0 Å². The van der Waals surface area contributed by atoms with Gasteiger partial charge in [-0.25, -0.2) is 0 Å². The Balaban J connectivity index is 1.55. The first-order valence-electron chi connectivity index (χ1n) is 13.8. The first kappa shape index (κ1) is 28.6. The summed E-state index contributed by atoms with van der Waals surface area (Å²) in [6, 6.07) is 8.56. The Kier molecular flexibility index (Phi) is 10.3. The number of amides is 3. The van der Waals surface area contributed by atoms with Gasteiger partial charge in [-0.05, 0) is 56.1 Å². The highest BCUT2D eigenvalue weighted by atomic mass is 32.2. The van der Waals surface area contributed by atoms with E-state index in [0.29, 0.717) is 64.8 Å². The zero-order chi connectivity index (χ0) is 27.0. The van der Waals surface area contributed by atoms with Gasteiger partial charge < -0.3 is 26.0 Å². The van der Waals surface area contributed by atoms with Crippen molar-refractivity contribution in [2.75, 3.05) is 38.3 Å². The number of hydrogen-bond acceptors (Lipinski definition) is 6. The second-order valence-corrected chi connectivity index (χ2v) is 11.8. The number of carbonyl (C=O) groups excluding carboxylic acids is 3. The van der Waals surface area contributed by atoms with Crippen LogP contribution in [0.25, 0.3) is 0 Å². The summed E-state index contributed by atoms with van der Waals surface area (Å²) in [5.41, 5.74) is 6.62. The highest BCUT2D eigenvalue weighted by Crippen LogP contribution is 2.36. The number of benzene rings is 1. The lowest BCUT2D eigenvalue weighted by atomic mass is 9.75. The average Bonchev–Trinajstić information content (AvgIpc) is 2.94. The van der Waals surface area contributed by atoms with Crippen molar-refractivity contribution in [1.82, 2.24) is 15.5 Å². The maximum atomic E-state index is 13.7. The van der Waals surface area contributed by atoms with Gasteiger partial charge in [0.2, 0.25) is 17.7 Å². The number of thioether (sulfide) groups is 1. The summed E-state index contributed by atoms with van der Waals surface area (Å²) < 4.78 is 5.58. The molecule has 208 valence electrons. The Bertz CT molecular complexity index is 982. The zero-order valence-electron chi connectivity index (χ0n) is 22.4. The van der Waals surface area contributed by atoms with Gasteiger partial charge >= 0.3 is 0 Å². The number of rotatable bonds is 6. The molecule has 1 aromatic rings. The van der Waals surface area contributed by atoms with Crippen molar-refractivity contribution in [1.29, 1.82) is 0 Å². The normalized spacial score (nSPS) is 27.7. The van der Waals surface area contributed by atoms with E-state index in [4.69, 9.17) is 10.5 Å². The Morgan fingerprint density at radius 2 is 1.95 bits per heavy atom. The molecule has 1 spiro atoms. The summed E-state index contributed by atoms with van der Waals surface area (Å²) in [7, 11) is 0. The summed E-state index contributed by atoms with van der Waals surface area (Å²) >= 11 is 1.69. The van der Waals surface area contributed by atoms with Crippen molar-refractivity contribution < 1.29 is 19.1 Å². The molecule has 4 atom stereocenters. The van der Waals surface area contributed by atoms with E-state index in [1.165, 1.54) is 0 Å². The summed E-state index contributed by atoms with van der Waals surface area (Å²) in [4.78, 5) is 42.2. The zero-order valence-corrected chi connectivity index (χ0v) is 23.2. The lowest BCUT2D eigenvalue weighted by molar-refractivity contribution is -0.140. The van der Waals surface area contributed by atoms with Crippen molar-refractivity contribution in [3.8, 4) is 0 Å². The Hall–Kier alpha value is -2.36. The fourth-order valence-electron chi connectivity index (χ4n) is 5.78. The SMILES string of the molecule is CSCC[C@@H](N)C(=O)N1CC[C@@H]2NC(=O)[C@@H](Cc3ccccc3)NC(=O)C3(C/C=C/C[C@@H]2C1)CCOCC3. The molecule has 1 aromatic carbocycles. The number of piperidine rings is 1. The summed E-state index contributed by atoms with van der Waals surface area (Å²) in [5, 5.41) is 6.38. The molecule has 0 aromatic heterocycles. The number of carbonyl (C=O) groups is 3. The number of hydrogen-bond donors (Lipinski definition) is 3. The summed E-state index contributed by atoms with van der Waals surface area (Å²) in [5.74, 6) is 0.694. The molecule has 3 aliphatic heterocycles. The average molecular weight is 543 g/mol. The first-order chi connectivity index (χ1) is 18.4. The van der Waals surface area contributed by atoms with Crippen LogP contribution < -0.4 is 16.4 Å². The van der Waals surface area contributed by atoms with Crippen LogP contribution in [0.2, 0.25) is 0 Å². The molecule has 0 aliphatic carbocycles. The maximum absolute atomic E-state index is 13.7. The second kappa shape index (κ2) is 13.6. The topological polar surface area (TPSA) is 114 Å². The molecule has 2 fully saturated rings. The molecular formula is C29H42N4O4S. The highest BCUT2D eigenvalue weighted by Gasteiger charge is 2.42. The number of likely N-dealkylation sites (tertiary alicyclic amines) is 1. The molecule has 38 heavy (non-hydrogen) atoms. The molecule has 3 heterocycles. The first-order valence-corrected chi connectivity index (χ1v) is 15.2. The van der Waals surface area contributed by atoms with Gasteiger partial charge in [0.05, 0.1) is 11.5 Å². The van der Waals surface area contributed by atoms with E-state index in [1.807, 2.05) is 41.5 Å². The standard InChI is InChI=1S/C29H42N4O4S/c1-38-18-11-23(30)27(35)33-15-10-24-22(20-33)9-5-6-12-29(13-16-37-17-14-29)28(36)32-25(26(34)31-24)19-21-7-3-2-4-8-21/h2-8,22-25H,9-20,30H2,1H3,(H,31,34)(H,32,36)/b6-5+/t22-,23-,24+,25-/m1/s1. The third-order valence-electron chi connectivity index (χ3n) is 8.27. The van der Waals surface area contributed by atoms with E-state index in [-0.39, 0.29) is 29.7 Å². The third kappa shape index (κ3) is 7.18. The van der Waals surface area contributed by atoms with Gasteiger partial charge in [-0.1, -0.05) is 42.5 Å². The molecular weight excluding hydrogens is 500 g/mol. The summed E-state index contributed by atoms with van der Waals surface area (Å²) in [6.07, 6.45) is 10.6. The fraction of sp³-hybridized carbons (Fsp3) is 0.621. The Morgan fingerprint density at radius 3 is 2.68 bits per heavy atom. The van der Waals surface area contributed by atoms with Gasteiger partial charge in [0, 0.05) is 44.7 Å². The van der Waals surface area contributed by atoms with Crippen LogP contribution in [0.1, 0.15) is 44.1 Å². The smallest absolute Gasteiger partial charge is 0.243 e. The van der Waals surface area contributed by atoms with Crippen LogP contribution >= 0.6 is 11.8 Å². The minimum absolute atomic E-state index is 0.00528. The number of nitrogens with two attached hydrogens (primary N) is 1. The molecule has 3 aliphatic rings. The largest absolute Gasteiger partial charge is 0.381 e. The molecule has 8 nitrogen and oxygen atoms in total. The lowest BCUT2D eigenvalue weighted by Gasteiger charge is -2.41. The quantitative estimate of drug-likeness (QED) is 0.476. The summed E-state index contributed by atoms with van der Waals surface area (Å²) in [6.45, 7) is 2.20. The molecule has 0 saturated carbocycles. The predicted molar refractivity (Wildman–Crippen MR) is 151 cm³/mol. The van der Waals surface area contributed by atoms with Crippen molar-refractivity contribution >= 4 is 29.5 Å². The van der Waals surface area contributed by atoms with Gasteiger partial charge in [-0.15, -0.1) is 0 Å². The monoisotopic (exact) mass is 542 g/mol. The van der Waals surface area contributed by atoms with Gasteiger partial charge in [-0.3, -0.25) is 14.4 Å². The van der Waals surface area contributed by atoms with Crippen LogP contribution in [-0.2, 0) is 25.5 Å². The van der Waals surface area contributed by atoms with Crippen molar-refractivity contribution in [3.05, 3.63) is 48.0 Å². The number of ether oxygens (including phenoxy) is 1. The molecule has 4 N–H and O–H groups in total. The second-order valence-electron chi connectivity index (χ2n) is 10.9. The number of nitrogens with zero attached hydrogens (tertiary/aromatic N) is 1. The minimum Gasteiger partial charge on any atom is -0.381 e. The number of nitrogens with one attached hydrogen (secondary N) is 2. The lowest BCUT2D eigenvalue weighted by Crippen LogP contribution is -2.59. The van der Waals surface area contributed by atoms with Gasteiger partial charge in [0.15, 0.2) is 0 Å². The van der Waals surface area contributed by atoms with Gasteiger partial charge in [-0.2, -0.15) is 11.8 Å². The van der Waals surface area contributed by atoms with E-state index >= 15 is 0 Å². The van der Waals surface area contributed by atoms with Crippen molar-refractivity contribution in [3.63, 3.8) is 0 Å². The van der Waals surface area contributed by atoms with Crippen LogP contribution in [-0.4, -0.2) is 79.1 Å². The number of fused-ring (bicyclic) bond motifs is 1. The van der Waals surface area contributed by atoms with Crippen molar-refractivity contribution in [2.24, 2.45) is 17.1 Å².